The molecule has 0 fully saturated rings. The molecule has 4 aromatic carbocycles. The van der Waals surface area contributed by atoms with Crippen molar-refractivity contribution in [2.45, 2.75) is 0 Å². The van der Waals surface area contributed by atoms with Crippen LogP contribution in [0.3, 0.4) is 0 Å². The highest BCUT2D eigenvalue weighted by Gasteiger charge is 2.17. The Labute approximate surface area is 200 Å². The molecule has 0 unspecified atom stereocenters. The fourth-order valence-electron chi connectivity index (χ4n) is 3.49. The second kappa shape index (κ2) is 9.96. The maximum Gasteiger partial charge on any atom is 0.343 e. The maximum absolute atomic E-state index is 12.4. The van der Waals surface area contributed by atoms with Crippen molar-refractivity contribution in [2.24, 2.45) is 5.10 Å². The number of nitrogens with zero attached hydrogens (tertiary/aromatic N) is 1. The van der Waals surface area contributed by atoms with Crippen molar-refractivity contribution in [1.29, 1.82) is 0 Å². The SMILES string of the molecule is O=C(COc1cccc2ccccc12)NN=Cc1ccc(OC(=O)c2ccc3c(c2)OCO3)cc1. The monoisotopic (exact) mass is 468 g/mol. The van der Waals surface area contributed by atoms with Gasteiger partial charge in [0.25, 0.3) is 5.91 Å². The van der Waals surface area contributed by atoms with Gasteiger partial charge in [-0.1, -0.05) is 36.4 Å². The zero-order valence-electron chi connectivity index (χ0n) is 18.5. The third-order valence-corrected chi connectivity index (χ3v) is 5.21. The highest BCUT2D eigenvalue weighted by atomic mass is 16.7. The fourth-order valence-corrected chi connectivity index (χ4v) is 3.49. The van der Waals surface area contributed by atoms with Gasteiger partial charge in [-0.3, -0.25) is 4.79 Å². The molecule has 0 saturated heterocycles. The van der Waals surface area contributed by atoms with Gasteiger partial charge in [-0.15, -0.1) is 0 Å². The predicted octanol–water partition coefficient (Wildman–Crippen LogP) is 4.32. The summed E-state index contributed by atoms with van der Waals surface area (Å²) in [4.78, 5) is 24.5. The first-order valence-electron chi connectivity index (χ1n) is 10.8. The summed E-state index contributed by atoms with van der Waals surface area (Å²) in [5, 5.41) is 5.92. The van der Waals surface area contributed by atoms with Crippen LogP contribution >= 0.6 is 0 Å². The largest absolute Gasteiger partial charge is 0.483 e. The molecule has 174 valence electrons. The van der Waals surface area contributed by atoms with Gasteiger partial charge in [0, 0.05) is 5.39 Å². The third-order valence-electron chi connectivity index (χ3n) is 5.21. The minimum absolute atomic E-state index is 0.133. The van der Waals surface area contributed by atoms with Crippen LogP contribution in [-0.4, -0.2) is 31.5 Å². The normalized spacial score (nSPS) is 12.0. The molecule has 1 amide bonds. The van der Waals surface area contributed by atoms with Gasteiger partial charge in [-0.25, -0.2) is 10.2 Å². The first kappa shape index (κ1) is 22.0. The average Bonchev–Trinajstić information content (AvgIpc) is 3.36. The first-order chi connectivity index (χ1) is 17.2. The van der Waals surface area contributed by atoms with Gasteiger partial charge in [0.2, 0.25) is 6.79 Å². The molecule has 1 aliphatic heterocycles. The van der Waals surface area contributed by atoms with E-state index in [1.54, 1.807) is 42.5 Å². The van der Waals surface area contributed by atoms with Crippen molar-refractivity contribution in [3.8, 4) is 23.0 Å². The van der Waals surface area contributed by atoms with Crippen LogP contribution in [0.4, 0.5) is 0 Å². The highest BCUT2D eigenvalue weighted by Crippen LogP contribution is 2.32. The topological polar surface area (TPSA) is 95.5 Å². The number of amides is 1. The maximum atomic E-state index is 12.4. The predicted molar refractivity (Wildman–Crippen MR) is 129 cm³/mol. The Morgan fingerprint density at radius 1 is 0.914 bits per heavy atom. The number of ether oxygens (including phenoxy) is 4. The van der Waals surface area contributed by atoms with Crippen LogP contribution in [0.1, 0.15) is 15.9 Å². The summed E-state index contributed by atoms with van der Waals surface area (Å²) in [5.41, 5.74) is 3.50. The molecule has 5 rings (SSSR count). The van der Waals surface area contributed by atoms with E-state index in [9.17, 15) is 9.59 Å². The lowest BCUT2D eigenvalue weighted by Crippen LogP contribution is -2.24. The number of benzene rings is 4. The minimum Gasteiger partial charge on any atom is -0.483 e. The summed E-state index contributed by atoms with van der Waals surface area (Å²) >= 11 is 0. The van der Waals surface area contributed by atoms with E-state index >= 15 is 0 Å². The molecule has 0 aliphatic carbocycles. The number of rotatable bonds is 7. The molecule has 8 nitrogen and oxygen atoms in total. The van der Waals surface area contributed by atoms with Crippen LogP contribution in [-0.2, 0) is 4.79 Å². The second-order valence-corrected chi connectivity index (χ2v) is 7.59. The molecule has 8 heteroatoms. The van der Waals surface area contributed by atoms with E-state index in [4.69, 9.17) is 18.9 Å². The van der Waals surface area contributed by atoms with E-state index < -0.39 is 5.97 Å². The zero-order valence-corrected chi connectivity index (χ0v) is 18.5. The van der Waals surface area contributed by atoms with Crippen LogP contribution in [0.25, 0.3) is 10.8 Å². The van der Waals surface area contributed by atoms with Crippen LogP contribution in [0.2, 0.25) is 0 Å². The number of hydrazone groups is 1. The number of hydrogen-bond donors (Lipinski definition) is 1. The molecule has 0 bridgehead atoms. The molecule has 0 aromatic heterocycles. The minimum atomic E-state index is -0.511. The Morgan fingerprint density at radius 3 is 2.60 bits per heavy atom. The van der Waals surface area contributed by atoms with Crippen LogP contribution in [0.5, 0.6) is 23.0 Å². The second-order valence-electron chi connectivity index (χ2n) is 7.59. The number of carbonyl (C=O) groups excluding carboxylic acids is 2. The Bertz CT molecular complexity index is 1410. The summed E-state index contributed by atoms with van der Waals surface area (Å²) in [5.74, 6) is 1.21. The van der Waals surface area contributed by atoms with E-state index in [2.05, 4.69) is 10.5 Å². The summed E-state index contributed by atoms with van der Waals surface area (Å²) in [6.45, 7) is -0.0331. The van der Waals surface area contributed by atoms with Crippen molar-refractivity contribution < 1.29 is 28.5 Å². The first-order valence-corrected chi connectivity index (χ1v) is 10.8. The number of esters is 1. The van der Waals surface area contributed by atoms with Crippen molar-refractivity contribution in [2.75, 3.05) is 13.4 Å². The lowest BCUT2D eigenvalue weighted by Gasteiger charge is -2.08. The number of hydrogen-bond acceptors (Lipinski definition) is 7. The summed E-state index contributed by atoms with van der Waals surface area (Å²) in [7, 11) is 0. The van der Waals surface area contributed by atoms with Crippen LogP contribution in [0.15, 0.2) is 90.0 Å². The molecule has 35 heavy (non-hydrogen) atoms. The smallest absolute Gasteiger partial charge is 0.343 e. The van der Waals surface area contributed by atoms with Gasteiger partial charge in [-0.2, -0.15) is 5.10 Å². The van der Waals surface area contributed by atoms with Gasteiger partial charge in [0.15, 0.2) is 18.1 Å². The van der Waals surface area contributed by atoms with Gasteiger partial charge in [0.05, 0.1) is 11.8 Å². The van der Waals surface area contributed by atoms with Gasteiger partial charge >= 0.3 is 5.97 Å². The highest BCUT2D eigenvalue weighted by molar-refractivity contribution is 5.92. The fraction of sp³-hybridized carbons (Fsp3) is 0.0741. The number of fused-ring (bicyclic) bond motifs is 2. The lowest BCUT2D eigenvalue weighted by molar-refractivity contribution is -0.123. The van der Waals surface area contributed by atoms with Crippen molar-refractivity contribution >= 4 is 28.9 Å². The summed E-state index contributed by atoms with van der Waals surface area (Å²) < 4.78 is 21.6. The van der Waals surface area contributed by atoms with E-state index in [1.807, 2.05) is 42.5 Å². The Kier molecular flexibility index (Phi) is 6.25. The average molecular weight is 468 g/mol. The molecule has 0 spiro atoms. The Hall–Kier alpha value is -4.85. The van der Waals surface area contributed by atoms with Gasteiger partial charge < -0.3 is 18.9 Å². The molecule has 0 radical (unpaired) electrons. The molecule has 1 aliphatic rings. The molecule has 1 N–H and O–H groups in total. The third kappa shape index (κ3) is 5.22. The summed E-state index contributed by atoms with van der Waals surface area (Å²) in [6, 6.07) is 25.0. The molecular weight excluding hydrogens is 448 g/mol. The van der Waals surface area contributed by atoms with E-state index in [1.165, 1.54) is 6.21 Å². The zero-order chi connectivity index (χ0) is 24.0. The standard InChI is InChI=1S/C27H20N2O6/c30-26(16-32-23-7-3-5-19-4-1-2-6-22(19)23)29-28-15-18-8-11-21(12-9-18)35-27(31)20-10-13-24-25(14-20)34-17-33-24/h1-15H,16-17H2,(H,29,30). The van der Waals surface area contributed by atoms with Crippen molar-refractivity contribution in [3.63, 3.8) is 0 Å². The van der Waals surface area contributed by atoms with Crippen molar-refractivity contribution in [1.82, 2.24) is 5.43 Å². The van der Waals surface area contributed by atoms with Crippen LogP contribution < -0.4 is 24.4 Å². The van der Waals surface area contributed by atoms with Gasteiger partial charge in [0.1, 0.15) is 11.5 Å². The molecule has 0 atom stereocenters. The Morgan fingerprint density at radius 2 is 1.71 bits per heavy atom. The lowest BCUT2D eigenvalue weighted by atomic mass is 10.1. The number of nitrogens with one attached hydrogen (secondary N) is 1. The molecule has 4 aromatic rings. The molecular formula is C27H20N2O6. The Balaban J connectivity index is 1.11. The van der Waals surface area contributed by atoms with Gasteiger partial charge in [-0.05, 0) is 59.5 Å². The molecule has 0 saturated carbocycles. The molecule has 1 heterocycles. The van der Waals surface area contributed by atoms with E-state index in [0.717, 1.165) is 10.8 Å². The quantitative estimate of drug-likeness (QED) is 0.188. The number of carbonyl (C=O) groups is 2. The van der Waals surface area contributed by atoms with Crippen molar-refractivity contribution in [3.05, 3.63) is 96.1 Å². The van der Waals surface area contributed by atoms with E-state index in [-0.39, 0.29) is 19.3 Å². The van der Waals surface area contributed by atoms with E-state index in [0.29, 0.717) is 34.1 Å². The van der Waals surface area contributed by atoms with Crippen LogP contribution in [0, 0.1) is 0 Å². The summed E-state index contributed by atoms with van der Waals surface area (Å²) in [6.07, 6.45) is 1.49.